The number of anilines is 2. The summed E-state index contributed by atoms with van der Waals surface area (Å²) in [4.78, 5) is 35.5. The molecule has 39 heavy (non-hydrogen) atoms. The highest BCUT2D eigenvalue weighted by Gasteiger charge is 2.24. The van der Waals surface area contributed by atoms with E-state index in [2.05, 4.69) is 25.6 Å². The van der Waals surface area contributed by atoms with Gasteiger partial charge in [0.1, 0.15) is 34.8 Å². The van der Waals surface area contributed by atoms with Crippen LogP contribution in [0.15, 0.2) is 48.8 Å². The van der Waals surface area contributed by atoms with Gasteiger partial charge in [-0.05, 0) is 44.1 Å². The number of methoxy groups -OCH3 is 1. The summed E-state index contributed by atoms with van der Waals surface area (Å²) in [6.07, 6.45) is 3.29. The Balaban J connectivity index is 1.35. The number of aromatic nitrogens is 5. The molecule has 2 aromatic carbocycles. The highest BCUT2D eigenvalue weighted by molar-refractivity contribution is 6.08. The van der Waals surface area contributed by atoms with Crippen molar-refractivity contribution < 1.29 is 14.5 Å². The summed E-state index contributed by atoms with van der Waals surface area (Å²) in [5.74, 6) is 0.271. The van der Waals surface area contributed by atoms with Crippen LogP contribution in [0.25, 0.3) is 33.2 Å². The lowest BCUT2D eigenvalue weighted by molar-refractivity contribution is -0.383. The van der Waals surface area contributed by atoms with E-state index in [0.29, 0.717) is 39.4 Å². The van der Waals surface area contributed by atoms with Crippen LogP contribution in [-0.4, -0.2) is 55.8 Å². The predicted octanol–water partition coefficient (Wildman–Crippen LogP) is 3.65. The number of para-hydroxylation sites is 1. The molecule has 4 heterocycles. The number of nitrogens with zero attached hydrogens (tertiary/aromatic N) is 5. The highest BCUT2D eigenvalue weighted by Crippen LogP contribution is 2.37. The van der Waals surface area contributed by atoms with Gasteiger partial charge in [0.05, 0.1) is 29.1 Å². The number of nitrogens with one attached hydrogen (secondary N) is 3. The molecule has 5 N–H and O–H groups in total. The number of ether oxygens (including phenoxy) is 1. The van der Waals surface area contributed by atoms with Gasteiger partial charge in [0.25, 0.3) is 11.6 Å². The maximum absolute atomic E-state index is 13.1. The first-order chi connectivity index (χ1) is 18.9. The molecule has 1 amide bonds. The maximum Gasteiger partial charge on any atom is 0.293 e. The number of hydrogen-bond acceptors (Lipinski definition) is 9. The third-order valence-corrected chi connectivity index (χ3v) is 6.97. The molecular formula is C26H25N9O4. The quantitative estimate of drug-likeness (QED) is 0.189. The molecule has 6 rings (SSSR count). The van der Waals surface area contributed by atoms with Crippen molar-refractivity contribution in [1.82, 2.24) is 30.0 Å². The number of rotatable bonds is 6. The molecule has 0 saturated carbocycles. The average Bonchev–Trinajstić information content (AvgIpc) is 3.57. The molecule has 5 aromatic rings. The SMILES string of the molecule is COc1cc(-c2nn(C3CCNCC3)c3ncnc(N)c23)ccc1NC(=O)c1cc2cccc([N+](=O)[O-])c2[nH]1. The summed E-state index contributed by atoms with van der Waals surface area (Å²) in [5.41, 5.74) is 9.09. The van der Waals surface area contributed by atoms with Crippen LogP contribution >= 0.6 is 0 Å². The van der Waals surface area contributed by atoms with E-state index >= 15 is 0 Å². The van der Waals surface area contributed by atoms with Crippen LogP contribution in [0.4, 0.5) is 17.2 Å². The Kier molecular flexibility index (Phi) is 6.04. The number of fused-ring (bicyclic) bond motifs is 2. The molecule has 13 nitrogen and oxygen atoms in total. The molecule has 0 aliphatic carbocycles. The summed E-state index contributed by atoms with van der Waals surface area (Å²) in [6.45, 7) is 1.79. The monoisotopic (exact) mass is 527 g/mol. The normalized spacial score (nSPS) is 14.1. The van der Waals surface area contributed by atoms with Gasteiger partial charge in [0.2, 0.25) is 0 Å². The second kappa shape index (κ2) is 9.68. The van der Waals surface area contributed by atoms with Gasteiger partial charge >= 0.3 is 0 Å². The van der Waals surface area contributed by atoms with E-state index in [1.807, 2.05) is 10.7 Å². The lowest BCUT2D eigenvalue weighted by Crippen LogP contribution is -2.30. The molecule has 1 saturated heterocycles. The van der Waals surface area contributed by atoms with E-state index in [1.54, 1.807) is 30.3 Å². The van der Waals surface area contributed by atoms with Crippen molar-refractivity contribution in [2.45, 2.75) is 18.9 Å². The smallest absolute Gasteiger partial charge is 0.293 e. The van der Waals surface area contributed by atoms with Gasteiger partial charge in [0.15, 0.2) is 5.65 Å². The molecule has 0 atom stereocenters. The lowest BCUT2D eigenvalue weighted by Gasteiger charge is -2.23. The van der Waals surface area contributed by atoms with Gasteiger partial charge in [-0.3, -0.25) is 14.9 Å². The fraction of sp³-hybridized carbons (Fsp3) is 0.231. The molecule has 0 radical (unpaired) electrons. The van der Waals surface area contributed by atoms with Crippen LogP contribution in [0.1, 0.15) is 29.4 Å². The van der Waals surface area contributed by atoms with Crippen LogP contribution in [0.2, 0.25) is 0 Å². The van der Waals surface area contributed by atoms with Crippen LogP contribution in [0, 0.1) is 10.1 Å². The second-order valence-electron chi connectivity index (χ2n) is 9.28. The van der Waals surface area contributed by atoms with Crippen molar-refractivity contribution in [2.24, 2.45) is 0 Å². The Morgan fingerprint density at radius 2 is 2.03 bits per heavy atom. The van der Waals surface area contributed by atoms with Crippen molar-refractivity contribution in [3.63, 3.8) is 0 Å². The van der Waals surface area contributed by atoms with Gasteiger partial charge in [-0.1, -0.05) is 18.2 Å². The lowest BCUT2D eigenvalue weighted by atomic mass is 10.1. The Bertz CT molecular complexity index is 1740. The zero-order valence-electron chi connectivity index (χ0n) is 21.0. The number of non-ortho nitro benzene ring substituents is 1. The average molecular weight is 528 g/mol. The minimum Gasteiger partial charge on any atom is -0.495 e. The van der Waals surface area contributed by atoms with E-state index in [4.69, 9.17) is 15.6 Å². The van der Waals surface area contributed by atoms with Crippen LogP contribution in [0.5, 0.6) is 5.75 Å². The van der Waals surface area contributed by atoms with Gasteiger partial charge in [-0.25, -0.2) is 14.6 Å². The van der Waals surface area contributed by atoms with E-state index in [0.717, 1.165) is 31.5 Å². The Morgan fingerprint density at radius 3 is 2.79 bits per heavy atom. The number of carbonyl (C=O) groups excluding carboxylic acids is 1. The standard InChI is InChI=1S/C26H25N9O4/c1-39-20-12-15(23-21-24(27)29-13-30-25(21)34(33-23)16-7-9-28-10-8-16)5-6-17(20)32-26(36)18-11-14-3-2-4-19(35(37)38)22(14)31-18/h2-6,11-13,16,28,31H,7-10H2,1H3,(H,32,36)(H2,27,29,30). The van der Waals surface area contributed by atoms with Crippen LogP contribution < -0.4 is 21.1 Å². The number of hydrogen-bond donors (Lipinski definition) is 4. The maximum atomic E-state index is 13.1. The fourth-order valence-electron chi connectivity index (χ4n) is 5.05. The molecule has 1 fully saturated rings. The number of H-pyrrole nitrogens is 1. The number of nitrogen functional groups attached to an aromatic ring is 1. The summed E-state index contributed by atoms with van der Waals surface area (Å²) in [5, 5.41) is 23.7. The first kappa shape index (κ1) is 24.3. The predicted molar refractivity (Wildman–Crippen MR) is 146 cm³/mol. The van der Waals surface area contributed by atoms with Crippen molar-refractivity contribution in [3.8, 4) is 17.0 Å². The molecule has 0 spiro atoms. The first-order valence-corrected chi connectivity index (χ1v) is 12.4. The summed E-state index contributed by atoms with van der Waals surface area (Å²) in [6, 6.07) is 11.7. The number of nitro groups is 1. The van der Waals surface area contributed by atoms with Gasteiger partial charge in [0, 0.05) is 17.0 Å². The Hall–Kier alpha value is -5.04. The number of carbonyl (C=O) groups is 1. The summed E-state index contributed by atoms with van der Waals surface area (Å²) >= 11 is 0. The minimum atomic E-state index is -0.490. The number of aromatic amines is 1. The Labute approximate surface area is 221 Å². The summed E-state index contributed by atoms with van der Waals surface area (Å²) in [7, 11) is 1.50. The molecule has 0 bridgehead atoms. The topological polar surface area (TPSA) is 179 Å². The van der Waals surface area contributed by atoms with Crippen molar-refractivity contribution in [1.29, 1.82) is 0 Å². The number of benzene rings is 2. The zero-order valence-corrected chi connectivity index (χ0v) is 21.0. The van der Waals surface area contributed by atoms with Crippen LogP contribution in [-0.2, 0) is 0 Å². The van der Waals surface area contributed by atoms with Crippen molar-refractivity contribution >= 4 is 45.0 Å². The fourth-order valence-corrected chi connectivity index (χ4v) is 5.05. The zero-order chi connectivity index (χ0) is 27.1. The molecule has 0 unspecified atom stereocenters. The second-order valence-corrected chi connectivity index (χ2v) is 9.28. The molecule has 3 aromatic heterocycles. The number of nitrogens with two attached hydrogens (primary N) is 1. The van der Waals surface area contributed by atoms with E-state index in [-0.39, 0.29) is 22.9 Å². The minimum absolute atomic E-state index is 0.104. The molecule has 198 valence electrons. The largest absolute Gasteiger partial charge is 0.495 e. The molecule has 1 aliphatic heterocycles. The number of nitro benzene ring substituents is 1. The van der Waals surface area contributed by atoms with Gasteiger partial charge in [-0.15, -0.1) is 0 Å². The number of piperidine rings is 1. The number of amides is 1. The Morgan fingerprint density at radius 1 is 1.21 bits per heavy atom. The third-order valence-electron chi connectivity index (χ3n) is 6.97. The van der Waals surface area contributed by atoms with Crippen molar-refractivity contribution in [3.05, 3.63) is 64.6 Å². The highest BCUT2D eigenvalue weighted by atomic mass is 16.6. The summed E-state index contributed by atoms with van der Waals surface area (Å²) < 4.78 is 7.53. The third kappa shape index (κ3) is 4.28. The van der Waals surface area contributed by atoms with Gasteiger partial charge in [-0.2, -0.15) is 5.10 Å². The molecule has 1 aliphatic rings. The molecular weight excluding hydrogens is 502 g/mol. The van der Waals surface area contributed by atoms with E-state index in [9.17, 15) is 14.9 Å². The molecule has 13 heteroatoms. The van der Waals surface area contributed by atoms with Gasteiger partial charge < -0.3 is 26.1 Å². The van der Waals surface area contributed by atoms with Crippen LogP contribution in [0.3, 0.4) is 0 Å². The van der Waals surface area contributed by atoms with Crippen molar-refractivity contribution in [2.75, 3.05) is 31.2 Å². The van der Waals surface area contributed by atoms with E-state index in [1.165, 1.54) is 19.5 Å². The van der Waals surface area contributed by atoms with E-state index < -0.39 is 10.8 Å². The first-order valence-electron chi connectivity index (χ1n) is 12.4.